The van der Waals surface area contributed by atoms with Gasteiger partial charge >= 0.3 is 0 Å². The van der Waals surface area contributed by atoms with Crippen LogP contribution in [0.2, 0.25) is 0 Å². The summed E-state index contributed by atoms with van der Waals surface area (Å²) in [4.78, 5) is 4.04. The predicted octanol–water partition coefficient (Wildman–Crippen LogP) is 1.20. The van der Waals surface area contributed by atoms with Gasteiger partial charge in [0, 0.05) is 12.2 Å². The van der Waals surface area contributed by atoms with E-state index in [0.717, 1.165) is 12.8 Å². The van der Waals surface area contributed by atoms with E-state index in [0.29, 0.717) is 11.9 Å². The summed E-state index contributed by atoms with van der Waals surface area (Å²) in [6.45, 7) is 2.17. The Labute approximate surface area is 79.4 Å². The average Bonchev–Trinajstić information content (AvgIpc) is 2.16. The first kappa shape index (κ1) is 9.99. The van der Waals surface area contributed by atoms with Crippen molar-refractivity contribution in [3.63, 3.8) is 0 Å². The summed E-state index contributed by atoms with van der Waals surface area (Å²) < 4.78 is 0. The molecule has 1 rings (SSSR count). The number of nitrogens with two attached hydrogens (primary N) is 1. The molecule has 1 aromatic heterocycles. The number of pyridine rings is 1. The van der Waals surface area contributed by atoms with Crippen LogP contribution in [0.15, 0.2) is 18.3 Å². The molecule has 1 atom stereocenters. The molecule has 72 valence electrons. The smallest absolute Gasteiger partial charge is 0.123 e. The molecular weight excluding hydrogens is 162 g/mol. The number of nitrogens with one attached hydrogen (secondary N) is 1. The van der Waals surface area contributed by atoms with Crippen molar-refractivity contribution in [1.82, 2.24) is 10.3 Å². The van der Waals surface area contributed by atoms with Crippen molar-refractivity contribution in [1.29, 1.82) is 0 Å². The van der Waals surface area contributed by atoms with Crippen LogP contribution in [0.5, 0.6) is 0 Å². The topological polar surface area (TPSA) is 50.9 Å². The van der Waals surface area contributed by atoms with Crippen molar-refractivity contribution in [2.75, 3.05) is 12.8 Å². The van der Waals surface area contributed by atoms with Crippen molar-refractivity contribution in [2.24, 2.45) is 0 Å². The zero-order valence-electron chi connectivity index (χ0n) is 8.25. The van der Waals surface area contributed by atoms with E-state index in [9.17, 15) is 0 Å². The molecule has 13 heavy (non-hydrogen) atoms. The molecule has 0 aliphatic carbocycles. The second kappa shape index (κ2) is 4.82. The highest BCUT2D eigenvalue weighted by atomic mass is 14.8. The van der Waals surface area contributed by atoms with E-state index >= 15 is 0 Å². The molecule has 0 radical (unpaired) electrons. The monoisotopic (exact) mass is 179 g/mol. The number of aryl methyl sites for hydroxylation is 1. The highest BCUT2D eigenvalue weighted by Gasteiger charge is 1.99. The Bertz CT molecular complexity index is 243. The Morgan fingerprint density at radius 1 is 1.54 bits per heavy atom. The van der Waals surface area contributed by atoms with Crippen LogP contribution in [0.4, 0.5) is 5.82 Å². The number of anilines is 1. The van der Waals surface area contributed by atoms with Gasteiger partial charge in [0.2, 0.25) is 0 Å². The predicted molar refractivity (Wildman–Crippen MR) is 55.5 cm³/mol. The number of nitrogen functional groups attached to an aromatic ring is 1. The Balaban J connectivity index is 2.41. The molecule has 3 N–H and O–H groups in total. The molecule has 0 aliphatic rings. The molecule has 0 fully saturated rings. The Hall–Kier alpha value is -1.09. The van der Waals surface area contributed by atoms with Crippen LogP contribution >= 0.6 is 0 Å². The molecule has 1 unspecified atom stereocenters. The van der Waals surface area contributed by atoms with E-state index in [1.165, 1.54) is 5.56 Å². The van der Waals surface area contributed by atoms with Crippen molar-refractivity contribution in [3.8, 4) is 0 Å². The SMILES string of the molecule is CNC(C)CCc1ccc(N)nc1. The first-order valence-electron chi connectivity index (χ1n) is 4.60. The molecule has 0 aromatic carbocycles. The minimum absolute atomic E-state index is 0.553. The van der Waals surface area contributed by atoms with Gasteiger partial charge in [0.15, 0.2) is 0 Å². The molecule has 0 spiro atoms. The van der Waals surface area contributed by atoms with Crippen molar-refractivity contribution >= 4 is 5.82 Å². The summed E-state index contributed by atoms with van der Waals surface area (Å²) in [6, 6.07) is 4.43. The maximum atomic E-state index is 5.49. The summed E-state index contributed by atoms with van der Waals surface area (Å²) in [5.74, 6) is 0.588. The van der Waals surface area contributed by atoms with Gasteiger partial charge in [0.1, 0.15) is 5.82 Å². The minimum atomic E-state index is 0.553. The van der Waals surface area contributed by atoms with Gasteiger partial charge in [0.25, 0.3) is 0 Å². The third-order valence-electron chi connectivity index (χ3n) is 2.21. The normalized spacial score (nSPS) is 12.8. The van der Waals surface area contributed by atoms with E-state index in [-0.39, 0.29) is 0 Å². The fourth-order valence-electron chi connectivity index (χ4n) is 1.11. The lowest BCUT2D eigenvalue weighted by Crippen LogP contribution is -2.21. The van der Waals surface area contributed by atoms with Gasteiger partial charge in [-0.2, -0.15) is 0 Å². The number of nitrogens with zero attached hydrogens (tertiary/aromatic N) is 1. The lowest BCUT2D eigenvalue weighted by atomic mass is 10.1. The second-order valence-corrected chi connectivity index (χ2v) is 3.32. The highest BCUT2D eigenvalue weighted by Crippen LogP contribution is 2.05. The summed E-state index contributed by atoms with van der Waals surface area (Å²) in [6.07, 6.45) is 4.02. The fraction of sp³-hybridized carbons (Fsp3) is 0.500. The van der Waals surface area contributed by atoms with Gasteiger partial charge < -0.3 is 11.1 Å². The van der Waals surface area contributed by atoms with Gasteiger partial charge in [-0.1, -0.05) is 6.07 Å². The van der Waals surface area contributed by atoms with Gasteiger partial charge in [-0.15, -0.1) is 0 Å². The van der Waals surface area contributed by atoms with Crippen LogP contribution in [0, 0.1) is 0 Å². The van der Waals surface area contributed by atoms with Gasteiger partial charge in [-0.3, -0.25) is 0 Å². The van der Waals surface area contributed by atoms with Crippen molar-refractivity contribution < 1.29 is 0 Å². The zero-order valence-corrected chi connectivity index (χ0v) is 8.25. The maximum absolute atomic E-state index is 5.49. The summed E-state index contributed by atoms with van der Waals surface area (Å²) in [7, 11) is 1.98. The lowest BCUT2D eigenvalue weighted by molar-refractivity contribution is 0.565. The molecule has 0 saturated heterocycles. The summed E-state index contributed by atoms with van der Waals surface area (Å²) in [5, 5.41) is 3.20. The quantitative estimate of drug-likeness (QED) is 0.730. The van der Waals surface area contributed by atoms with E-state index in [1.807, 2.05) is 25.4 Å². The largest absolute Gasteiger partial charge is 0.384 e. The zero-order chi connectivity index (χ0) is 9.68. The molecule has 1 aromatic rings. The van der Waals surface area contributed by atoms with Crippen LogP contribution in [0.25, 0.3) is 0 Å². The lowest BCUT2D eigenvalue weighted by Gasteiger charge is -2.09. The van der Waals surface area contributed by atoms with Gasteiger partial charge in [-0.05, 0) is 38.4 Å². The standard InChI is InChI=1S/C10H17N3/c1-8(12-2)3-4-9-5-6-10(11)13-7-9/h5-8,12H,3-4H2,1-2H3,(H2,11,13). The van der Waals surface area contributed by atoms with Crippen LogP contribution in [0.1, 0.15) is 18.9 Å². The molecule has 0 saturated carbocycles. The van der Waals surface area contributed by atoms with Crippen LogP contribution in [0.3, 0.4) is 0 Å². The Morgan fingerprint density at radius 2 is 2.31 bits per heavy atom. The Kier molecular flexibility index (Phi) is 3.71. The van der Waals surface area contributed by atoms with Crippen LogP contribution in [-0.2, 0) is 6.42 Å². The first-order chi connectivity index (χ1) is 6.22. The minimum Gasteiger partial charge on any atom is -0.384 e. The third kappa shape index (κ3) is 3.42. The molecule has 0 bridgehead atoms. The average molecular weight is 179 g/mol. The van der Waals surface area contributed by atoms with E-state index in [4.69, 9.17) is 5.73 Å². The molecule has 1 heterocycles. The number of hydrogen-bond donors (Lipinski definition) is 2. The molecule has 0 aliphatic heterocycles. The van der Waals surface area contributed by atoms with Crippen molar-refractivity contribution in [2.45, 2.75) is 25.8 Å². The van der Waals surface area contributed by atoms with E-state index < -0.39 is 0 Å². The summed E-state index contributed by atoms with van der Waals surface area (Å²) >= 11 is 0. The molecule has 0 amide bonds. The van der Waals surface area contributed by atoms with E-state index in [2.05, 4.69) is 17.2 Å². The summed E-state index contributed by atoms with van der Waals surface area (Å²) in [5.41, 5.74) is 6.73. The Morgan fingerprint density at radius 3 is 2.85 bits per heavy atom. The first-order valence-corrected chi connectivity index (χ1v) is 4.60. The number of hydrogen-bond acceptors (Lipinski definition) is 3. The van der Waals surface area contributed by atoms with Gasteiger partial charge in [0.05, 0.1) is 0 Å². The van der Waals surface area contributed by atoms with Crippen LogP contribution < -0.4 is 11.1 Å². The molecular formula is C10H17N3. The van der Waals surface area contributed by atoms with Crippen molar-refractivity contribution in [3.05, 3.63) is 23.9 Å². The maximum Gasteiger partial charge on any atom is 0.123 e. The van der Waals surface area contributed by atoms with E-state index in [1.54, 1.807) is 0 Å². The molecule has 3 nitrogen and oxygen atoms in total. The van der Waals surface area contributed by atoms with Gasteiger partial charge in [-0.25, -0.2) is 4.98 Å². The number of rotatable bonds is 4. The van der Waals surface area contributed by atoms with Crippen LogP contribution in [-0.4, -0.2) is 18.1 Å². The molecule has 3 heteroatoms. The third-order valence-corrected chi connectivity index (χ3v) is 2.21. The highest BCUT2D eigenvalue weighted by molar-refractivity contribution is 5.29. The number of aromatic nitrogens is 1. The fourth-order valence-corrected chi connectivity index (χ4v) is 1.11. The second-order valence-electron chi connectivity index (χ2n) is 3.32.